The Morgan fingerprint density at radius 3 is 2.00 bits per heavy atom. The quantitative estimate of drug-likeness (QED) is 0.538. The van der Waals surface area contributed by atoms with Crippen molar-refractivity contribution in [1.82, 2.24) is 0 Å². The number of rotatable bonds is 0. The van der Waals surface area contributed by atoms with Gasteiger partial charge in [-0.3, -0.25) is 0 Å². The van der Waals surface area contributed by atoms with Crippen molar-refractivity contribution in [1.29, 1.82) is 0 Å². The summed E-state index contributed by atoms with van der Waals surface area (Å²) in [5.74, 6) is 2.99. The number of hydrogen-bond acceptors (Lipinski definition) is 1. The van der Waals surface area contributed by atoms with Crippen molar-refractivity contribution >= 4 is 0 Å². The normalized spacial score (nSPS) is 63.9. The molecule has 1 heteroatoms. The van der Waals surface area contributed by atoms with Crippen molar-refractivity contribution in [3.05, 3.63) is 0 Å². The fourth-order valence-corrected chi connectivity index (χ4v) is 3.86. The van der Waals surface area contributed by atoms with Gasteiger partial charge in [0, 0.05) is 5.54 Å². The molecule has 1 nitrogen and oxygen atoms in total. The van der Waals surface area contributed by atoms with Gasteiger partial charge in [0.2, 0.25) is 0 Å². The second-order valence-electron chi connectivity index (χ2n) is 4.78. The van der Waals surface area contributed by atoms with Crippen LogP contribution in [0.1, 0.15) is 32.1 Å². The lowest BCUT2D eigenvalue weighted by Gasteiger charge is -2.28. The van der Waals surface area contributed by atoms with Crippen LogP contribution in [0.3, 0.4) is 0 Å². The van der Waals surface area contributed by atoms with Gasteiger partial charge in [-0.15, -0.1) is 0 Å². The lowest BCUT2D eigenvalue weighted by molar-refractivity contribution is 0.268. The molecule has 56 valence electrons. The summed E-state index contributed by atoms with van der Waals surface area (Å²) in [5.41, 5.74) is 6.61. The molecule has 4 bridgehead atoms. The molecule has 2 unspecified atom stereocenters. The van der Waals surface area contributed by atoms with E-state index in [1.807, 2.05) is 0 Å². The zero-order valence-corrected chi connectivity index (χ0v) is 6.34. The molecule has 4 fully saturated rings. The predicted octanol–water partition coefficient (Wildman–Crippen LogP) is 1.52. The first kappa shape index (κ1) is 5.59. The summed E-state index contributed by atoms with van der Waals surface area (Å²) in [6.07, 6.45) is 7.15. The fraction of sp³-hybridized carbons (Fsp3) is 1.00. The van der Waals surface area contributed by atoms with E-state index in [1.165, 1.54) is 32.1 Å². The Bertz CT molecular complexity index is 162. The predicted molar refractivity (Wildman–Crippen MR) is 40.5 cm³/mol. The van der Waals surface area contributed by atoms with E-state index in [9.17, 15) is 0 Å². The zero-order valence-electron chi connectivity index (χ0n) is 6.34. The highest BCUT2D eigenvalue weighted by Crippen LogP contribution is 2.58. The van der Waals surface area contributed by atoms with Crippen LogP contribution in [-0.2, 0) is 0 Å². The number of nitrogens with two attached hydrogens (primary N) is 1. The summed E-state index contributed by atoms with van der Waals surface area (Å²) in [5, 5.41) is 0. The van der Waals surface area contributed by atoms with Gasteiger partial charge < -0.3 is 5.73 Å². The summed E-state index contributed by atoms with van der Waals surface area (Å²) < 4.78 is 0. The van der Waals surface area contributed by atoms with Gasteiger partial charge in [-0.1, -0.05) is 0 Å². The molecular weight excluding hydrogens is 122 g/mol. The molecule has 0 aromatic rings. The molecular formula is C9H15N. The van der Waals surface area contributed by atoms with Crippen molar-refractivity contribution < 1.29 is 0 Å². The van der Waals surface area contributed by atoms with Crippen LogP contribution in [0.25, 0.3) is 0 Å². The largest absolute Gasteiger partial charge is 0.325 e. The molecule has 4 rings (SSSR count). The Morgan fingerprint density at radius 2 is 1.60 bits per heavy atom. The van der Waals surface area contributed by atoms with Crippen molar-refractivity contribution in [2.75, 3.05) is 0 Å². The van der Waals surface area contributed by atoms with Crippen LogP contribution < -0.4 is 5.73 Å². The lowest BCUT2D eigenvalue weighted by Crippen LogP contribution is -2.40. The van der Waals surface area contributed by atoms with Gasteiger partial charge >= 0.3 is 0 Å². The van der Waals surface area contributed by atoms with Crippen molar-refractivity contribution in [2.24, 2.45) is 23.5 Å². The van der Waals surface area contributed by atoms with E-state index >= 15 is 0 Å². The SMILES string of the molecule is NC12C[C@@H]3CC1C[C@@H](C3)C2. The van der Waals surface area contributed by atoms with Crippen LogP contribution in [0.2, 0.25) is 0 Å². The van der Waals surface area contributed by atoms with Crippen LogP contribution in [0, 0.1) is 17.8 Å². The molecule has 0 aromatic carbocycles. The highest BCUT2D eigenvalue weighted by molar-refractivity contribution is 5.10. The summed E-state index contributed by atoms with van der Waals surface area (Å²) in [6.45, 7) is 0. The van der Waals surface area contributed by atoms with Gasteiger partial charge in [0.25, 0.3) is 0 Å². The molecule has 0 aromatic heterocycles. The van der Waals surface area contributed by atoms with Crippen LogP contribution >= 0.6 is 0 Å². The summed E-state index contributed by atoms with van der Waals surface area (Å²) >= 11 is 0. The molecule has 10 heavy (non-hydrogen) atoms. The molecule has 4 aliphatic rings. The second-order valence-corrected chi connectivity index (χ2v) is 4.78. The van der Waals surface area contributed by atoms with E-state index in [2.05, 4.69) is 0 Å². The molecule has 0 radical (unpaired) electrons. The number of hydrogen-bond donors (Lipinski definition) is 1. The minimum absolute atomic E-state index is 0.327. The van der Waals surface area contributed by atoms with Gasteiger partial charge in [0.15, 0.2) is 0 Å². The van der Waals surface area contributed by atoms with Crippen LogP contribution in [-0.4, -0.2) is 5.54 Å². The van der Waals surface area contributed by atoms with Gasteiger partial charge in [-0.2, -0.15) is 0 Å². The minimum Gasteiger partial charge on any atom is -0.325 e. The molecule has 0 saturated heterocycles. The monoisotopic (exact) mass is 137 g/mol. The average Bonchev–Trinajstić information content (AvgIpc) is 2.14. The Morgan fingerprint density at radius 1 is 1.00 bits per heavy atom. The summed E-state index contributed by atoms with van der Waals surface area (Å²) in [7, 11) is 0. The maximum absolute atomic E-state index is 6.29. The van der Waals surface area contributed by atoms with E-state index in [1.54, 1.807) is 0 Å². The van der Waals surface area contributed by atoms with Gasteiger partial charge in [0.1, 0.15) is 0 Å². The molecule has 0 spiro atoms. The van der Waals surface area contributed by atoms with E-state index < -0.39 is 0 Å². The first-order valence-corrected chi connectivity index (χ1v) is 4.55. The van der Waals surface area contributed by atoms with Crippen LogP contribution in [0.4, 0.5) is 0 Å². The maximum Gasteiger partial charge on any atom is 0.0188 e. The molecule has 0 aliphatic heterocycles. The Hall–Kier alpha value is -0.0400. The first-order chi connectivity index (χ1) is 4.76. The van der Waals surface area contributed by atoms with E-state index in [-0.39, 0.29) is 0 Å². The van der Waals surface area contributed by atoms with Crippen LogP contribution in [0.5, 0.6) is 0 Å². The molecule has 0 heterocycles. The Balaban J connectivity index is 2.04. The molecule has 4 atom stereocenters. The van der Waals surface area contributed by atoms with Crippen LogP contribution in [0.15, 0.2) is 0 Å². The van der Waals surface area contributed by atoms with E-state index in [0.717, 1.165) is 17.8 Å². The molecule has 4 aliphatic carbocycles. The van der Waals surface area contributed by atoms with Crippen molar-refractivity contribution in [3.8, 4) is 0 Å². The van der Waals surface area contributed by atoms with E-state index in [4.69, 9.17) is 5.73 Å². The standard InChI is InChI=1S/C9H15N/c10-9-4-6-1-7(5-9)3-8(9)2-6/h6-8H,1-5,10H2/t6-,7+,8?,9?. The van der Waals surface area contributed by atoms with Gasteiger partial charge in [-0.05, 0) is 49.9 Å². The fourth-order valence-electron chi connectivity index (χ4n) is 3.86. The third-order valence-corrected chi connectivity index (χ3v) is 4.05. The Kier molecular flexibility index (Phi) is 0.797. The third-order valence-electron chi connectivity index (χ3n) is 4.05. The first-order valence-electron chi connectivity index (χ1n) is 4.55. The molecule has 4 saturated carbocycles. The second kappa shape index (κ2) is 1.42. The molecule has 0 amide bonds. The van der Waals surface area contributed by atoms with Crippen molar-refractivity contribution in [2.45, 2.75) is 37.6 Å². The highest BCUT2D eigenvalue weighted by atomic mass is 14.8. The third kappa shape index (κ3) is 0.493. The smallest absolute Gasteiger partial charge is 0.0188 e. The van der Waals surface area contributed by atoms with E-state index in [0.29, 0.717) is 5.54 Å². The average molecular weight is 137 g/mol. The van der Waals surface area contributed by atoms with Gasteiger partial charge in [-0.25, -0.2) is 0 Å². The lowest BCUT2D eigenvalue weighted by atomic mass is 9.81. The Labute approximate surface area is 62.0 Å². The molecule has 2 N–H and O–H groups in total. The maximum atomic E-state index is 6.29. The van der Waals surface area contributed by atoms with Gasteiger partial charge in [0.05, 0.1) is 0 Å². The summed E-state index contributed by atoms with van der Waals surface area (Å²) in [4.78, 5) is 0. The van der Waals surface area contributed by atoms with Crippen molar-refractivity contribution in [3.63, 3.8) is 0 Å². The minimum atomic E-state index is 0.327. The zero-order chi connectivity index (χ0) is 6.77. The summed E-state index contributed by atoms with van der Waals surface area (Å²) in [6, 6.07) is 0. The highest BCUT2D eigenvalue weighted by Gasteiger charge is 2.55. The topological polar surface area (TPSA) is 26.0 Å².